The molecule has 1 aliphatic carbocycles. The van der Waals surface area contributed by atoms with Crippen LogP contribution in [0.15, 0.2) is 36.4 Å². The first-order valence-electron chi connectivity index (χ1n) is 11.8. The van der Waals surface area contributed by atoms with Crippen LogP contribution in [-0.4, -0.2) is 50.0 Å². The van der Waals surface area contributed by atoms with Gasteiger partial charge in [-0.05, 0) is 50.1 Å². The Labute approximate surface area is 238 Å². The van der Waals surface area contributed by atoms with Gasteiger partial charge in [0.15, 0.2) is 0 Å². The number of anilines is 1. The van der Waals surface area contributed by atoms with E-state index >= 15 is 0 Å². The molecule has 37 heavy (non-hydrogen) atoms. The van der Waals surface area contributed by atoms with E-state index in [-0.39, 0.29) is 34.2 Å². The predicted molar refractivity (Wildman–Crippen MR) is 150 cm³/mol. The number of amides is 2. The number of halogens is 4. The van der Waals surface area contributed by atoms with Gasteiger partial charge in [-0.2, -0.15) is 0 Å². The zero-order valence-electron chi connectivity index (χ0n) is 20.5. The highest BCUT2D eigenvalue weighted by Crippen LogP contribution is 2.29. The molecule has 0 aliphatic heterocycles. The maximum atomic E-state index is 13.7. The average Bonchev–Trinajstić information content (AvgIpc) is 2.81. The summed E-state index contributed by atoms with van der Waals surface area (Å²) in [5.41, 5.74) is 0.580. The summed E-state index contributed by atoms with van der Waals surface area (Å²) < 4.78 is 26.3. The number of carbonyl (C=O) groups is 2. The van der Waals surface area contributed by atoms with Gasteiger partial charge in [0.25, 0.3) is 0 Å². The highest BCUT2D eigenvalue weighted by Gasteiger charge is 2.32. The Morgan fingerprint density at radius 2 is 1.57 bits per heavy atom. The van der Waals surface area contributed by atoms with Gasteiger partial charge in [-0.15, -0.1) is 0 Å². The first-order valence-corrected chi connectivity index (χ1v) is 15.2. The van der Waals surface area contributed by atoms with Crippen molar-refractivity contribution in [1.29, 1.82) is 0 Å². The quantitative estimate of drug-likeness (QED) is 0.382. The molecule has 2 aromatic carbocycles. The van der Waals surface area contributed by atoms with Crippen molar-refractivity contribution in [3.8, 4) is 0 Å². The first kappa shape index (κ1) is 29.8. The van der Waals surface area contributed by atoms with E-state index in [9.17, 15) is 18.0 Å². The summed E-state index contributed by atoms with van der Waals surface area (Å²) >= 11 is 24.9. The van der Waals surface area contributed by atoms with Crippen molar-refractivity contribution in [3.05, 3.63) is 62.1 Å². The van der Waals surface area contributed by atoms with Crippen LogP contribution in [-0.2, 0) is 26.2 Å². The molecule has 1 atom stereocenters. The van der Waals surface area contributed by atoms with Crippen LogP contribution >= 0.6 is 46.4 Å². The Balaban J connectivity index is 1.94. The SMILES string of the molecule is C[C@@H](C(=O)NC1CCCCC1)N(Cc1c(Cl)cccc1Cl)C(=O)CN(c1cc(Cl)cc(Cl)c1)S(C)(=O)=O. The van der Waals surface area contributed by atoms with Crippen LogP contribution in [0.4, 0.5) is 5.69 Å². The van der Waals surface area contributed by atoms with Crippen molar-refractivity contribution in [2.75, 3.05) is 17.1 Å². The summed E-state index contributed by atoms with van der Waals surface area (Å²) in [6.45, 7) is 0.922. The summed E-state index contributed by atoms with van der Waals surface area (Å²) in [7, 11) is -3.92. The van der Waals surface area contributed by atoms with Crippen molar-refractivity contribution in [1.82, 2.24) is 10.2 Å². The van der Waals surface area contributed by atoms with E-state index in [4.69, 9.17) is 46.4 Å². The van der Waals surface area contributed by atoms with Crippen LogP contribution in [0.5, 0.6) is 0 Å². The molecule has 202 valence electrons. The topological polar surface area (TPSA) is 86.8 Å². The van der Waals surface area contributed by atoms with E-state index in [1.807, 2.05) is 0 Å². The number of rotatable bonds is 9. The molecule has 1 fully saturated rings. The number of sulfonamides is 1. The first-order chi connectivity index (χ1) is 17.4. The Bertz CT molecular complexity index is 1210. The van der Waals surface area contributed by atoms with Gasteiger partial charge < -0.3 is 10.2 Å². The highest BCUT2D eigenvalue weighted by molar-refractivity contribution is 7.92. The molecule has 1 N–H and O–H groups in total. The summed E-state index contributed by atoms with van der Waals surface area (Å²) in [6.07, 6.45) is 5.92. The highest BCUT2D eigenvalue weighted by atomic mass is 35.5. The standard InChI is InChI=1S/C25H29Cl4N3O4S/c1-16(25(34)30-19-7-4-3-5-8-19)31(14-21-22(28)9-6-10-23(21)29)24(33)15-32(37(2,35)36)20-12-17(26)11-18(27)13-20/h6,9-13,16,19H,3-5,7-8,14-15H2,1-2H3,(H,30,34)/t16-/m0/s1. The van der Waals surface area contributed by atoms with Gasteiger partial charge in [-0.1, -0.05) is 71.7 Å². The smallest absolute Gasteiger partial charge is 0.244 e. The lowest BCUT2D eigenvalue weighted by atomic mass is 9.95. The van der Waals surface area contributed by atoms with E-state index in [2.05, 4.69) is 5.32 Å². The van der Waals surface area contributed by atoms with Crippen molar-refractivity contribution in [2.24, 2.45) is 0 Å². The molecule has 12 heteroatoms. The Morgan fingerprint density at radius 3 is 2.11 bits per heavy atom. The Morgan fingerprint density at radius 1 is 1.00 bits per heavy atom. The van der Waals surface area contributed by atoms with E-state index in [1.165, 1.54) is 23.1 Å². The minimum Gasteiger partial charge on any atom is -0.352 e. The molecule has 3 rings (SSSR count). The summed E-state index contributed by atoms with van der Waals surface area (Å²) in [5.74, 6) is -0.955. The minimum atomic E-state index is -3.92. The summed E-state index contributed by atoms with van der Waals surface area (Å²) in [6, 6.07) is 8.31. The molecular formula is C25H29Cl4N3O4S. The zero-order valence-corrected chi connectivity index (χ0v) is 24.4. The third-order valence-corrected chi connectivity index (χ3v) is 8.61. The third-order valence-electron chi connectivity index (χ3n) is 6.32. The lowest BCUT2D eigenvalue weighted by Crippen LogP contribution is -2.53. The van der Waals surface area contributed by atoms with Gasteiger partial charge in [0.1, 0.15) is 12.6 Å². The van der Waals surface area contributed by atoms with Gasteiger partial charge in [-0.25, -0.2) is 8.42 Å². The number of hydrogen-bond acceptors (Lipinski definition) is 4. The maximum Gasteiger partial charge on any atom is 0.244 e. The minimum absolute atomic E-state index is 0.0330. The molecule has 2 amide bonds. The molecule has 1 aliphatic rings. The molecule has 0 aromatic heterocycles. The van der Waals surface area contributed by atoms with E-state index in [0.717, 1.165) is 42.7 Å². The van der Waals surface area contributed by atoms with Crippen LogP contribution in [0.3, 0.4) is 0 Å². The number of benzene rings is 2. The normalized spacial score (nSPS) is 15.2. The lowest BCUT2D eigenvalue weighted by molar-refractivity contribution is -0.139. The van der Waals surface area contributed by atoms with E-state index in [1.54, 1.807) is 25.1 Å². The molecule has 0 bridgehead atoms. The molecule has 0 heterocycles. The lowest BCUT2D eigenvalue weighted by Gasteiger charge is -2.33. The van der Waals surface area contributed by atoms with Crippen molar-refractivity contribution >= 4 is 73.9 Å². The number of carbonyl (C=O) groups excluding carboxylic acids is 2. The second kappa shape index (κ2) is 12.9. The average molecular weight is 609 g/mol. The van der Waals surface area contributed by atoms with E-state index < -0.39 is 28.5 Å². The van der Waals surface area contributed by atoms with Gasteiger partial charge >= 0.3 is 0 Å². The van der Waals surface area contributed by atoms with Crippen LogP contribution in [0.2, 0.25) is 20.1 Å². The molecule has 0 unspecified atom stereocenters. The molecular weight excluding hydrogens is 580 g/mol. The fraction of sp³-hybridized carbons (Fsp3) is 0.440. The zero-order chi connectivity index (χ0) is 27.3. The van der Waals surface area contributed by atoms with Crippen LogP contribution < -0.4 is 9.62 Å². The van der Waals surface area contributed by atoms with Crippen LogP contribution in [0, 0.1) is 0 Å². The predicted octanol–water partition coefficient (Wildman–Crippen LogP) is 5.93. The van der Waals surface area contributed by atoms with Crippen molar-refractivity contribution in [3.63, 3.8) is 0 Å². The number of hydrogen-bond donors (Lipinski definition) is 1. The molecule has 2 aromatic rings. The molecule has 0 radical (unpaired) electrons. The number of nitrogens with one attached hydrogen (secondary N) is 1. The molecule has 0 saturated heterocycles. The monoisotopic (exact) mass is 607 g/mol. The number of nitrogens with zero attached hydrogens (tertiary/aromatic N) is 2. The molecule has 7 nitrogen and oxygen atoms in total. The van der Waals surface area contributed by atoms with Gasteiger partial charge in [0, 0.05) is 38.2 Å². The summed E-state index contributed by atoms with van der Waals surface area (Å²) in [4.78, 5) is 28.2. The fourth-order valence-corrected chi connectivity index (χ4v) is 6.17. The van der Waals surface area contributed by atoms with Crippen LogP contribution in [0.1, 0.15) is 44.6 Å². The van der Waals surface area contributed by atoms with Crippen molar-refractivity contribution < 1.29 is 18.0 Å². The van der Waals surface area contributed by atoms with Crippen LogP contribution in [0.25, 0.3) is 0 Å². The maximum absolute atomic E-state index is 13.7. The van der Waals surface area contributed by atoms with Gasteiger partial charge in [0.2, 0.25) is 21.8 Å². The van der Waals surface area contributed by atoms with Gasteiger partial charge in [0.05, 0.1) is 11.9 Å². The Kier molecular flexibility index (Phi) is 10.4. The van der Waals surface area contributed by atoms with E-state index in [0.29, 0.717) is 15.6 Å². The second-order valence-corrected chi connectivity index (χ2v) is 12.7. The largest absolute Gasteiger partial charge is 0.352 e. The van der Waals surface area contributed by atoms with Gasteiger partial charge in [-0.3, -0.25) is 13.9 Å². The summed E-state index contributed by atoms with van der Waals surface area (Å²) in [5, 5.41) is 4.11. The second-order valence-electron chi connectivity index (χ2n) is 9.14. The fourth-order valence-electron chi connectivity index (χ4n) is 4.30. The molecule has 1 saturated carbocycles. The third kappa shape index (κ3) is 8.14. The Hall–Kier alpha value is -1.71. The van der Waals surface area contributed by atoms with Crippen molar-refractivity contribution in [2.45, 2.75) is 57.7 Å². The molecule has 0 spiro atoms.